The van der Waals surface area contributed by atoms with Crippen LogP contribution in [0.25, 0.3) is 11.1 Å². The molecule has 0 atom stereocenters. The number of rotatable bonds is 1. The Bertz CT molecular complexity index is 830. The average molecular weight is 356 g/mol. The highest BCUT2D eigenvalue weighted by molar-refractivity contribution is 5.73. The van der Waals surface area contributed by atoms with Gasteiger partial charge in [-0.3, -0.25) is 0 Å². The van der Waals surface area contributed by atoms with Crippen molar-refractivity contribution in [2.75, 3.05) is 24.6 Å². The molecule has 1 aliphatic rings. The third kappa shape index (κ3) is 3.99. The van der Waals surface area contributed by atoms with Crippen LogP contribution in [0.4, 0.5) is 16.3 Å². The number of ether oxygens (including phenoxy) is 2. The molecule has 1 aliphatic heterocycles. The molecule has 0 saturated carbocycles. The Kier molecular flexibility index (Phi) is 4.63. The van der Waals surface area contributed by atoms with Gasteiger partial charge in [-0.15, -0.1) is 0 Å². The molecule has 0 radical (unpaired) electrons. The molecular formula is C19H24N4O3. The van der Waals surface area contributed by atoms with E-state index in [2.05, 4.69) is 4.98 Å². The summed E-state index contributed by atoms with van der Waals surface area (Å²) in [6.07, 6.45) is 1.33. The zero-order valence-electron chi connectivity index (χ0n) is 15.3. The first-order chi connectivity index (χ1) is 12.2. The molecule has 26 heavy (non-hydrogen) atoms. The molecule has 0 fully saturated rings. The zero-order chi connectivity index (χ0) is 18.9. The molecule has 0 bridgehead atoms. The number of carbonyl (C=O) groups excluding carboxylic acids is 1. The number of pyridine rings is 1. The highest BCUT2D eigenvalue weighted by atomic mass is 16.6. The molecular weight excluding hydrogens is 332 g/mol. The molecule has 2 aromatic rings. The maximum atomic E-state index is 12.4. The lowest BCUT2D eigenvalue weighted by Crippen LogP contribution is -2.37. The van der Waals surface area contributed by atoms with Gasteiger partial charge in [0.2, 0.25) is 0 Å². The van der Waals surface area contributed by atoms with E-state index in [0.717, 1.165) is 22.4 Å². The largest absolute Gasteiger partial charge is 0.491 e. The third-order valence-electron chi connectivity index (χ3n) is 3.97. The highest BCUT2D eigenvalue weighted by Gasteiger charge is 2.25. The molecule has 3 rings (SSSR count). The summed E-state index contributed by atoms with van der Waals surface area (Å²) < 4.78 is 11.3. The summed E-state index contributed by atoms with van der Waals surface area (Å²) in [5.41, 5.74) is 14.1. The van der Waals surface area contributed by atoms with Crippen molar-refractivity contribution in [2.24, 2.45) is 0 Å². The van der Waals surface area contributed by atoms with Crippen molar-refractivity contribution in [3.05, 3.63) is 36.0 Å². The van der Waals surface area contributed by atoms with E-state index in [4.69, 9.17) is 20.9 Å². The van der Waals surface area contributed by atoms with Gasteiger partial charge in [-0.25, -0.2) is 9.78 Å². The van der Waals surface area contributed by atoms with Gasteiger partial charge in [-0.1, -0.05) is 6.07 Å². The number of benzene rings is 1. The van der Waals surface area contributed by atoms with E-state index < -0.39 is 5.60 Å². The number of hydrogen-bond donors (Lipinski definition) is 2. The highest BCUT2D eigenvalue weighted by Crippen LogP contribution is 2.31. The standard InChI is InChI=1S/C19H24N4O3/c1-19(2,3)26-18(24)23-6-7-25-16-5-4-12(8-14(16)11-23)13-9-15(20)17(21)22-10-13/h4-5,8-10H,6-7,11,20H2,1-3H3,(H2,21,22). The molecule has 4 N–H and O–H groups in total. The number of nitrogens with two attached hydrogens (primary N) is 2. The lowest BCUT2D eigenvalue weighted by molar-refractivity contribution is 0.0225. The van der Waals surface area contributed by atoms with Crippen molar-refractivity contribution in [1.82, 2.24) is 9.88 Å². The number of hydrogen-bond acceptors (Lipinski definition) is 6. The second-order valence-corrected chi connectivity index (χ2v) is 7.27. The maximum Gasteiger partial charge on any atom is 0.410 e. The molecule has 0 unspecified atom stereocenters. The van der Waals surface area contributed by atoms with Crippen LogP contribution in [0.2, 0.25) is 0 Å². The Balaban J connectivity index is 1.88. The number of nitrogens with zero attached hydrogens (tertiary/aromatic N) is 2. The summed E-state index contributed by atoms with van der Waals surface area (Å²) in [7, 11) is 0. The van der Waals surface area contributed by atoms with E-state index in [-0.39, 0.29) is 6.09 Å². The van der Waals surface area contributed by atoms with Crippen LogP contribution in [-0.4, -0.2) is 34.7 Å². The first kappa shape index (κ1) is 17.8. The number of nitrogen functional groups attached to an aromatic ring is 2. The van der Waals surface area contributed by atoms with Crippen LogP contribution in [0.5, 0.6) is 5.75 Å². The summed E-state index contributed by atoms with van der Waals surface area (Å²) in [5, 5.41) is 0. The smallest absolute Gasteiger partial charge is 0.410 e. The predicted molar refractivity (Wildman–Crippen MR) is 101 cm³/mol. The van der Waals surface area contributed by atoms with E-state index in [9.17, 15) is 4.79 Å². The first-order valence-corrected chi connectivity index (χ1v) is 8.48. The molecule has 1 aromatic heterocycles. The Hall–Kier alpha value is -2.96. The van der Waals surface area contributed by atoms with Gasteiger partial charge in [0.25, 0.3) is 0 Å². The topological polar surface area (TPSA) is 104 Å². The molecule has 7 heteroatoms. The molecule has 0 aliphatic carbocycles. The van der Waals surface area contributed by atoms with Gasteiger partial charge in [-0.2, -0.15) is 0 Å². The lowest BCUT2D eigenvalue weighted by atomic mass is 10.0. The average Bonchev–Trinajstić information content (AvgIpc) is 2.77. The van der Waals surface area contributed by atoms with Gasteiger partial charge in [0.15, 0.2) is 0 Å². The minimum absolute atomic E-state index is 0.308. The van der Waals surface area contributed by atoms with Crippen LogP contribution in [-0.2, 0) is 11.3 Å². The number of aromatic nitrogens is 1. The van der Waals surface area contributed by atoms with E-state index >= 15 is 0 Å². The summed E-state index contributed by atoms with van der Waals surface area (Å²) in [5.74, 6) is 1.07. The van der Waals surface area contributed by atoms with E-state index in [1.54, 1.807) is 17.2 Å². The molecule has 7 nitrogen and oxygen atoms in total. The monoisotopic (exact) mass is 356 g/mol. The number of amides is 1. The van der Waals surface area contributed by atoms with E-state index in [1.165, 1.54) is 0 Å². The lowest BCUT2D eigenvalue weighted by Gasteiger charge is -2.26. The van der Waals surface area contributed by atoms with Gasteiger partial charge in [-0.05, 0) is 44.5 Å². The quantitative estimate of drug-likeness (QED) is 0.814. The van der Waals surface area contributed by atoms with Crippen LogP contribution in [0, 0.1) is 0 Å². The van der Waals surface area contributed by atoms with Crippen molar-refractivity contribution in [3.8, 4) is 16.9 Å². The second-order valence-electron chi connectivity index (χ2n) is 7.27. The SMILES string of the molecule is CC(C)(C)OC(=O)N1CCOc2ccc(-c3cnc(N)c(N)c3)cc2C1. The number of fused-ring (bicyclic) bond motifs is 1. The van der Waals surface area contributed by atoms with Crippen molar-refractivity contribution < 1.29 is 14.3 Å². The summed E-state index contributed by atoms with van der Waals surface area (Å²) in [4.78, 5) is 18.2. The fourth-order valence-corrected chi connectivity index (χ4v) is 2.71. The number of carbonyl (C=O) groups is 1. The molecule has 2 heterocycles. The van der Waals surface area contributed by atoms with Crippen LogP contribution in [0.1, 0.15) is 26.3 Å². The van der Waals surface area contributed by atoms with Crippen molar-refractivity contribution in [3.63, 3.8) is 0 Å². The normalized spacial score (nSPS) is 14.2. The first-order valence-electron chi connectivity index (χ1n) is 8.48. The second kappa shape index (κ2) is 6.74. The minimum Gasteiger partial charge on any atom is -0.491 e. The van der Waals surface area contributed by atoms with E-state index in [1.807, 2.05) is 39.0 Å². The van der Waals surface area contributed by atoms with Crippen LogP contribution in [0.3, 0.4) is 0 Å². The Morgan fingerprint density at radius 1 is 1.23 bits per heavy atom. The van der Waals surface area contributed by atoms with E-state index in [0.29, 0.717) is 31.2 Å². The zero-order valence-corrected chi connectivity index (χ0v) is 15.3. The van der Waals surface area contributed by atoms with Crippen molar-refractivity contribution in [2.45, 2.75) is 32.9 Å². The Morgan fingerprint density at radius 3 is 2.69 bits per heavy atom. The Morgan fingerprint density at radius 2 is 2.00 bits per heavy atom. The summed E-state index contributed by atoms with van der Waals surface area (Å²) in [6, 6.07) is 7.60. The molecule has 0 spiro atoms. The van der Waals surface area contributed by atoms with Crippen LogP contribution >= 0.6 is 0 Å². The predicted octanol–water partition coefficient (Wildman–Crippen LogP) is 3.04. The summed E-state index contributed by atoms with van der Waals surface area (Å²) in [6.45, 7) is 6.85. The van der Waals surface area contributed by atoms with Gasteiger partial charge in [0.05, 0.1) is 18.8 Å². The maximum absolute atomic E-state index is 12.4. The fourth-order valence-electron chi connectivity index (χ4n) is 2.71. The van der Waals surface area contributed by atoms with Crippen LogP contribution < -0.4 is 16.2 Å². The molecule has 1 amide bonds. The Labute approximate surface area is 152 Å². The fraction of sp³-hybridized carbons (Fsp3) is 0.368. The van der Waals surface area contributed by atoms with Gasteiger partial charge < -0.3 is 25.8 Å². The van der Waals surface area contributed by atoms with Gasteiger partial charge >= 0.3 is 6.09 Å². The summed E-state index contributed by atoms with van der Waals surface area (Å²) >= 11 is 0. The molecule has 1 aromatic carbocycles. The third-order valence-corrected chi connectivity index (χ3v) is 3.97. The molecule has 0 saturated heterocycles. The number of anilines is 2. The molecule has 138 valence electrons. The van der Waals surface area contributed by atoms with Crippen molar-refractivity contribution in [1.29, 1.82) is 0 Å². The van der Waals surface area contributed by atoms with Gasteiger partial charge in [0, 0.05) is 17.3 Å². The minimum atomic E-state index is -0.540. The van der Waals surface area contributed by atoms with Crippen molar-refractivity contribution >= 4 is 17.6 Å². The van der Waals surface area contributed by atoms with Gasteiger partial charge in [0.1, 0.15) is 23.8 Å². The van der Waals surface area contributed by atoms with Crippen LogP contribution in [0.15, 0.2) is 30.5 Å².